The molecule has 3 rings (SSSR count). The third-order valence-corrected chi connectivity index (χ3v) is 8.41. The highest BCUT2D eigenvalue weighted by molar-refractivity contribution is 9.10. The van der Waals surface area contributed by atoms with Crippen LogP contribution in [-0.4, -0.2) is 74.7 Å². The summed E-state index contributed by atoms with van der Waals surface area (Å²) in [6.45, 7) is 4.89. The fourth-order valence-corrected chi connectivity index (χ4v) is 5.60. The van der Waals surface area contributed by atoms with Gasteiger partial charge in [0.25, 0.3) is 0 Å². The molecule has 1 aromatic rings. The Balaban J connectivity index is 1.48. The molecule has 6 nitrogen and oxygen atoms in total. The summed E-state index contributed by atoms with van der Waals surface area (Å²) >= 11 is 3.31. The van der Waals surface area contributed by atoms with Crippen molar-refractivity contribution < 1.29 is 13.2 Å². The molecule has 8 heteroatoms. The molecule has 2 aliphatic rings. The van der Waals surface area contributed by atoms with Crippen LogP contribution < -0.4 is 0 Å². The Morgan fingerprint density at radius 1 is 1.03 bits per heavy atom. The summed E-state index contributed by atoms with van der Waals surface area (Å²) < 4.78 is 27.4. The van der Waals surface area contributed by atoms with Gasteiger partial charge in [0.05, 0.1) is 11.4 Å². The average molecular weight is 486 g/mol. The number of hydrogen-bond donors (Lipinski definition) is 0. The van der Waals surface area contributed by atoms with Crippen LogP contribution in [0.1, 0.15) is 38.5 Å². The predicted octanol–water partition coefficient (Wildman–Crippen LogP) is 3.18. The van der Waals surface area contributed by atoms with Gasteiger partial charge in [-0.15, -0.1) is 0 Å². The first kappa shape index (κ1) is 22.7. The zero-order valence-corrected chi connectivity index (χ0v) is 19.6. The van der Waals surface area contributed by atoms with Gasteiger partial charge in [0.15, 0.2) is 0 Å². The summed E-state index contributed by atoms with van der Waals surface area (Å²) in [5, 5.41) is 0. The quantitative estimate of drug-likeness (QED) is 0.620. The van der Waals surface area contributed by atoms with E-state index in [4.69, 9.17) is 0 Å². The van der Waals surface area contributed by atoms with Crippen LogP contribution in [0.4, 0.5) is 0 Å². The van der Waals surface area contributed by atoms with Gasteiger partial charge in [-0.25, -0.2) is 8.42 Å². The van der Waals surface area contributed by atoms with Crippen molar-refractivity contribution in [3.63, 3.8) is 0 Å². The van der Waals surface area contributed by atoms with E-state index in [9.17, 15) is 13.2 Å². The summed E-state index contributed by atoms with van der Waals surface area (Å²) in [6, 6.07) is 6.48. The molecule has 0 spiro atoms. The maximum absolute atomic E-state index is 12.7. The number of piperidine rings is 1. The van der Waals surface area contributed by atoms with Crippen molar-refractivity contribution in [2.24, 2.45) is 5.92 Å². The maximum atomic E-state index is 12.7. The molecular formula is C21H32BrN3O3S. The summed E-state index contributed by atoms with van der Waals surface area (Å²) in [7, 11) is -2.19. The molecule has 0 aliphatic carbocycles. The average Bonchev–Trinajstić information content (AvgIpc) is 2.97. The van der Waals surface area contributed by atoms with Gasteiger partial charge >= 0.3 is 0 Å². The summed E-state index contributed by atoms with van der Waals surface area (Å²) in [6.07, 6.45) is 7.31. The minimum atomic E-state index is -3.66. The molecule has 1 amide bonds. The van der Waals surface area contributed by atoms with Gasteiger partial charge < -0.3 is 9.80 Å². The molecule has 2 heterocycles. The van der Waals surface area contributed by atoms with Crippen LogP contribution in [0.3, 0.4) is 0 Å². The Hall–Kier alpha value is -0.960. The first-order valence-corrected chi connectivity index (χ1v) is 12.8. The number of carbonyl (C=O) groups is 1. The van der Waals surface area contributed by atoms with Gasteiger partial charge in [0.1, 0.15) is 0 Å². The number of carbonyl (C=O) groups excluding carboxylic acids is 1. The number of likely N-dealkylation sites (tertiary alicyclic amines) is 2. The number of nitrogens with zero attached hydrogens (tertiary/aromatic N) is 3. The number of likely N-dealkylation sites (N-methyl/N-ethyl adjacent to an activating group) is 1. The van der Waals surface area contributed by atoms with Crippen LogP contribution >= 0.6 is 15.9 Å². The Bertz CT molecular complexity index is 769. The number of sulfonamides is 1. The molecule has 2 saturated heterocycles. The molecule has 0 atom stereocenters. The lowest BCUT2D eigenvalue weighted by Crippen LogP contribution is -2.46. The lowest BCUT2D eigenvalue weighted by atomic mass is 9.96. The van der Waals surface area contributed by atoms with Crippen molar-refractivity contribution >= 4 is 31.9 Å². The van der Waals surface area contributed by atoms with E-state index in [1.165, 1.54) is 45.8 Å². The van der Waals surface area contributed by atoms with Crippen molar-refractivity contribution in [3.05, 3.63) is 28.7 Å². The van der Waals surface area contributed by atoms with E-state index in [1.54, 1.807) is 24.3 Å². The monoisotopic (exact) mass is 485 g/mol. The van der Waals surface area contributed by atoms with Gasteiger partial charge in [0.2, 0.25) is 15.9 Å². The van der Waals surface area contributed by atoms with Gasteiger partial charge in [-0.3, -0.25) is 4.79 Å². The van der Waals surface area contributed by atoms with Crippen molar-refractivity contribution in [1.82, 2.24) is 14.1 Å². The number of hydrogen-bond acceptors (Lipinski definition) is 4. The standard InChI is InChI=1S/C21H32BrN3O3S/c1-23(29(27,28)20-8-6-19(22)7-9-20)17-21(26)25-14-10-18(11-15-25)16-24-12-4-2-3-5-13-24/h6-9,18H,2-5,10-17H2,1H3. The molecule has 0 N–H and O–H groups in total. The van der Waals surface area contributed by atoms with Crippen LogP contribution in [0.25, 0.3) is 0 Å². The zero-order valence-electron chi connectivity index (χ0n) is 17.2. The fraction of sp³-hybridized carbons (Fsp3) is 0.667. The highest BCUT2D eigenvalue weighted by Crippen LogP contribution is 2.22. The van der Waals surface area contributed by atoms with E-state index < -0.39 is 10.0 Å². The minimum absolute atomic E-state index is 0.110. The Labute approximate surface area is 183 Å². The second-order valence-corrected chi connectivity index (χ2v) is 11.2. The van der Waals surface area contributed by atoms with E-state index in [1.807, 2.05) is 4.90 Å². The van der Waals surface area contributed by atoms with Crippen LogP contribution in [0.15, 0.2) is 33.6 Å². The number of benzene rings is 1. The van der Waals surface area contributed by atoms with Gasteiger partial charge in [-0.05, 0) is 69.0 Å². The molecule has 0 bridgehead atoms. The molecule has 162 valence electrons. The van der Waals surface area contributed by atoms with E-state index in [-0.39, 0.29) is 17.3 Å². The molecular weight excluding hydrogens is 454 g/mol. The molecule has 1 aromatic carbocycles. The van der Waals surface area contributed by atoms with E-state index >= 15 is 0 Å². The largest absolute Gasteiger partial charge is 0.342 e. The van der Waals surface area contributed by atoms with Crippen molar-refractivity contribution in [2.45, 2.75) is 43.4 Å². The topological polar surface area (TPSA) is 60.9 Å². The first-order chi connectivity index (χ1) is 13.9. The van der Waals surface area contributed by atoms with Crippen LogP contribution in [0.2, 0.25) is 0 Å². The van der Waals surface area contributed by atoms with Crippen LogP contribution in [0, 0.1) is 5.92 Å². The lowest BCUT2D eigenvalue weighted by molar-refractivity contribution is -0.132. The van der Waals surface area contributed by atoms with E-state index in [0.717, 1.165) is 41.3 Å². The lowest BCUT2D eigenvalue weighted by Gasteiger charge is -2.35. The normalized spacial score (nSPS) is 20.0. The Morgan fingerprint density at radius 3 is 2.21 bits per heavy atom. The number of amides is 1. The number of halogens is 1. The fourth-order valence-electron chi connectivity index (χ4n) is 4.21. The molecule has 0 radical (unpaired) electrons. The molecule has 0 saturated carbocycles. The smallest absolute Gasteiger partial charge is 0.243 e. The maximum Gasteiger partial charge on any atom is 0.243 e. The molecule has 29 heavy (non-hydrogen) atoms. The second-order valence-electron chi connectivity index (χ2n) is 8.25. The Morgan fingerprint density at radius 2 is 1.62 bits per heavy atom. The van der Waals surface area contributed by atoms with Crippen molar-refractivity contribution in [2.75, 3.05) is 46.3 Å². The van der Waals surface area contributed by atoms with Crippen LogP contribution in [0.5, 0.6) is 0 Å². The van der Waals surface area contributed by atoms with Gasteiger partial charge in [-0.2, -0.15) is 4.31 Å². The van der Waals surface area contributed by atoms with Crippen molar-refractivity contribution in [1.29, 1.82) is 0 Å². The van der Waals surface area contributed by atoms with Gasteiger partial charge in [-0.1, -0.05) is 28.8 Å². The molecule has 0 unspecified atom stereocenters. The minimum Gasteiger partial charge on any atom is -0.342 e. The van der Waals surface area contributed by atoms with Crippen molar-refractivity contribution in [3.8, 4) is 0 Å². The van der Waals surface area contributed by atoms with Crippen LogP contribution in [-0.2, 0) is 14.8 Å². The highest BCUT2D eigenvalue weighted by atomic mass is 79.9. The predicted molar refractivity (Wildman–Crippen MR) is 118 cm³/mol. The summed E-state index contributed by atoms with van der Waals surface area (Å²) in [5.41, 5.74) is 0. The first-order valence-electron chi connectivity index (χ1n) is 10.6. The zero-order chi connectivity index (χ0) is 20.9. The molecule has 2 fully saturated rings. The van der Waals surface area contributed by atoms with E-state index in [2.05, 4.69) is 20.8 Å². The summed E-state index contributed by atoms with van der Waals surface area (Å²) in [4.78, 5) is 17.3. The second kappa shape index (κ2) is 10.4. The highest BCUT2D eigenvalue weighted by Gasteiger charge is 2.28. The molecule has 2 aliphatic heterocycles. The van der Waals surface area contributed by atoms with Gasteiger partial charge in [0, 0.05) is 31.2 Å². The van der Waals surface area contributed by atoms with E-state index in [0.29, 0.717) is 5.92 Å². The number of rotatable bonds is 6. The third-order valence-electron chi connectivity index (χ3n) is 6.06. The Kier molecular flexibility index (Phi) is 8.13. The molecule has 0 aromatic heterocycles. The summed E-state index contributed by atoms with van der Waals surface area (Å²) in [5.74, 6) is 0.530. The SMILES string of the molecule is CN(CC(=O)N1CCC(CN2CCCCCC2)CC1)S(=O)(=O)c1ccc(Br)cc1. The third kappa shape index (κ3) is 6.26.